The summed E-state index contributed by atoms with van der Waals surface area (Å²) in [5, 5.41) is 6.89. The van der Waals surface area contributed by atoms with Crippen molar-refractivity contribution in [3.8, 4) is 11.4 Å². The number of imidazole rings is 1. The molecule has 136 valence electrons. The Bertz CT molecular complexity index is 710. The Morgan fingerprint density at radius 3 is 2.52 bits per heavy atom. The summed E-state index contributed by atoms with van der Waals surface area (Å²) in [6, 6.07) is 2.96. The molecule has 1 aliphatic carbocycles. The fraction of sp³-hybridized carbons (Fsp3) is 0.444. The van der Waals surface area contributed by atoms with Crippen LogP contribution >= 0.6 is 0 Å². The number of carboxylic acid groups (broad SMARTS) is 1. The predicted octanol–water partition coefficient (Wildman–Crippen LogP) is 3.97. The van der Waals surface area contributed by atoms with Crippen LogP contribution in [0.5, 0.6) is 0 Å². The first-order chi connectivity index (χ1) is 12.0. The molecule has 2 aromatic rings. The van der Waals surface area contributed by atoms with Crippen LogP contribution in [0, 0.1) is 18.6 Å². The highest BCUT2D eigenvalue weighted by molar-refractivity contribution is 5.59. The number of methoxy groups -OCH3 is 1. The minimum atomic E-state index is -0.568. The first kappa shape index (κ1) is 19.1. The monoisotopic (exact) mass is 352 g/mol. The van der Waals surface area contributed by atoms with Gasteiger partial charge in [-0.15, -0.1) is 0 Å². The molecule has 1 aliphatic rings. The van der Waals surface area contributed by atoms with E-state index in [2.05, 4.69) is 4.98 Å². The molecule has 1 aromatic heterocycles. The van der Waals surface area contributed by atoms with Gasteiger partial charge >= 0.3 is 0 Å². The normalized spacial score (nSPS) is 19.8. The molecule has 1 fully saturated rings. The fourth-order valence-electron chi connectivity index (χ4n) is 3.22. The summed E-state index contributed by atoms with van der Waals surface area (Å²) >= 11 is 0. The second-order valence-corrected chi connectivity index (χ2v) is 5.98. The zero-order valence-corrected chi connectivity index (χ0v) is 14.3. The Balaban J connectivity index is 0.000000701. The molecule has 1 aromatic carbocycles. The minimum absolute atomic E-state index is 0.0288. The van der Waals surface area contributed by atoms with Crippen LogP contribution < -0.4 is 0 Å². The number of carbonyl (C=O) groups is 1. The number of rotatable bonds is 3. The first-order valence-electron chi connectivity index (χ1n) is 8.11. The number of hydrogen-bond acceptors (Lipinski definition) is 3. The topological polar surface area (TPSA) is 64.4 Å². The van der Waals surface area contributed by atoms with E-state index in [0.717, 1.165) is 25.7 Å². The third-order valence-corrected chi connectivity index (χ3v) is 4.55. The average molecular weight is 352 g/mol. The highest BCUT2D eigenvalue weighted by atomic mass is 19.1. The number of halogens is 2. The smallest absolute Gasteiger partial charge is 0.290 e. The number of ether oxygens (including phenoxy) is 1. The van der Waals surface area contributed by atoms with Gasteiger partial charge in [0.1, 0.15) is 17.5 Å². The van der Waals surface area contributed by atoms with Crippen LogP contribution in [0.2, 0.25) is 0 Å². The lowest BCUT2D eigenvalue weighted by molar-refractivity contribution is -0.122. The zero-order valence-electron chi connectivity index (χ0n) is 14.3. The summed E-state index contributed by atoms with van der Waals surface area (Å²) in [5.41, 5.74) is 0.396. The van der Waals surface area contributed by atoms with Gasteiger partial charge in [-0.3, -0.25) is 4.79 Å². The third kappa shape index (κ3) is 4.22. The fourth-order valence-corrected chi connectivity index (χ4v) is 3.22. The van der Waals surface area contributed by atoms with Gasteiger partial charge in [0, 0.05) is 25.5 Å². The summed E-state index contributed by atoms with van der Waals surface area (Å²) in [5.74, 6) is -0.723. The van der Waals surface area contributed by atoms with Crippen LogP contribution in [0.3, 0.4) is 0 Å². The molecule has 7 heteroatoms. The SMILES string of the molecule is COC1CCC(n2ccnc2-c2c(F)ccc(C)c2F)CC1.O=CO. The maximum atomic E-state index is 14.4. The average Bonchev–Trinajstić information content (AvgIpc) is 3.09. The zero-order chi connectivity index (χ0) is 18.4. The summed E-state index contributed by atoms with van der Waals surface area (Å²) in [4.78, 5) is 12.6. The number of benzene rings is 1. The van der Waals surface area contributed by atoms with Gasteiger partial charge in [0.2, 0.25) is 0 Å². The van der Waals surface area contributed by atoms with Crippen molar-refractivity contribution in [3.63, 3.8) is 0 Å². The summed E-state index contributed by atoms with van der Waals surface area (Å²) in [6.45, 7) is 1.38. The molecule has 0 radical (unpaired) electrons. The number of aryl methyl sites for hydroxylation is 1. The highest BCUT2D eigenvalue weighted by Crippen LogP contribution is 2.34. The molecular weight excluding hydrogens is 330 g/mol. The Hall–Kier alpha value is -2.28. The van der Waals surface area contributed by atoms with Crippen molar-refractivity contribution in [2.24, 2.45) is 0 Å². The largest absolute Gasteiger partial charge is 0.483 e. The maximum absolute atomic E-state index is 14.4. The van der Waals surface area contributed by atoms with Crippen molar-refractivity contribution in [3.05, 3.63) is 41.7 Å². The standard InChI is InChI=1S/C17H20F2N2O.CH2O2/c1-11-3-8-14(18)15(16(11)19)17-20-9-10-21(17)12-4-6-13(22-2)7-5-12;2-1-3/h3,8-10,12-13H,4-7H2,1-2H3;1H,(H,2,3). The van der Waals surface area contributed by atoms with Gasteiger partial charge in [0.05, 0.1) is 11.7 Å². The number of aromatic nitrogens is 2. The summed E-state index contributed by atoms with van der Waals surface area (Å²) in [6.07, 6.45) is 7.48. The van der Waals surface area contributed by atoms with E-state index in [1.54, 1.807) is 20.2 Å². The molecule has 1 N–H and O–H groups in total. The second-order valence-electron chi connectivity index (χ2n) is 5.98. The molecule has 0 atom stereocenters. The van der Waals surface area contributed by atoms with Crippen LogP contribution in [0.15, 0.2) is 24.5 Å². The van der Waals surface area contributed by atoms with E-state index in [9.17, 15) is 8.78 Å². The van der Waals surface area contributed by atoms with Crippen molar-refractivity contribution in [1.82, 2.24) is 9.55 Å². The van der Waals surface area contributed by atoms with Gasteiger partial charge in [-0.05, 0) is 44.2 Å². The molecule has 0 spiro atoms. The number of hydrogen-bond donors (Lipinski definition) is 1. The molecule has 0 amide bonds. The Morgan fingerprint density at radius 1 is 1.28 bits per heavy atom. The quantitative estimate of drug-likeness (QED) is 0.849. The highest BCUT2D eigenvalue weighted by Gasteiger charge is 2.26. The van der Waals surface area contributed by atoms with Crippen LogP contribution in [-0.4, -0.2) is 34.3 Å². The van der Waals surface area contributed by atoms with Crippen LogP contribution in [0.1, 0.15) is 37.3 Å². The van der Waals surface area contributed by atoms with Crippen LogP contribution in [0.4, 0.5) is 8.78 Å². The van der Waals surface area contributed by atoms with Crippen LogP contribution in [0.25, 0.3) is 11.4 Å². The van der Waals surface area contributed by atoms with E-state index in [1.165, 1.54) is 12.1 Å². The summed E-state index contributed by atoms with van der Waals surface area (Å²) in [7, 11) is 1.73. The maximum Gasteiger partial charge on any atom is 0.290 e. The van der Waals surface area contributed by atoms with Crippen molar-refractivity contribution >= 4 is 6.47 Å². The van der Waals surface area contributed by atoms with Gasteiger partial charge < -0.3 is 14.4 Å². The second kappa shape index (κ2) is 8.71. The van der Waals surface area contributed by atoms with Crippen LogP contribution in [-0.2, 0) is 9.53 Å². The molecule has 3 rings (SSSR count). The molecule has 1 heterocycles. The molecule has 0 aliphatic heterocycles. The van der Waals surface area contributed by atoms with E-state index >= 15 is 0 Å². The Labute approximate surface area is 145 Å². The first-order valence-corrected chi connectivity index (χ1v) is 8.11. The van der Waals surface area contributed by atoms with Gasteiger partial charge in [0.15, 0.2) is 0 Å². The Kier molecular flexibility index (Phi) is 6.64. The molecule has 0 bridgehead atoms. The third-order valence-electron chi connectivity index (χ3n) is 4.55. The molecule has 0 unspecified atom stereocenters. The van der Waals surface area contributed by atoms with Crippen molar-refractivity contribution in [2.75, 3.05) is 7.11 Å². The van der Waals surface area contributed by atoms with Gasteiger partial charge in [0.25, 0.3) is 6.47 Å². The van der Waals surface area contributed by atoms with Crippen molar-refractivity contribution < 1.29 is 23.4 Å². The van der Waals surface area contributed by atoms with E-state index in [4.69, 9.17) is 14.6 Å². The van der Waals surface area contributed by atoms with Crippen molar-refractivity contribution in [2.45, 2.75) is 44.8 Å². The Morgan fingerprint density at radius 2 is 1.92 bits per heavy atom. The predicted molar refractivity (Wildman–Crippen MR) is 89.3 cm³/mol. The lowest BCUT2D eigenvalue weighted by Gasteiger charge is -2.29. The van der Waals surface area contributed by atoms with E-state index < -0.39 is 11.6 Å². The lowest BCUT2D eigenvalue weighted by atomic mass is 9.92. The molecule has 5 nitrogen and oxygen atoms in total. The molecule has 0 saturated heterocycles. The molecule has 1 saturated carbocycles. The van der Waals surface area contributed by atoms with Gasteiger partial charge in [-0.25, -0.2) is 13.8 Å². The van der Waals surface area contributed by atoms with Gasteiger partial charge in [-0.2, -0.15) is 0 Å². The number of nitrogens with zero attached hydrogens (tertiary/aromatic N) is 2. The van der Waals surface area contributed by atoms with E-state index in [0.29, 0.717) is 11.4 Å². The molecular formula is C18H22F2N2O3. The molecule has 25 heavy (non-hydrogen) atoms. The van der Waals surface area contributed by atoms with E-state index in [-0.39, 0.29) is 24.2 Å². The van der Waals surface area contributed by atoms with E-state index in [1.807, 2.05) is 10.8 Å². The van der Waals surface area contributed by atoms with Crippen molar-refractivity contribution in [1.29, 1.82) is 0 Å². The van der Waals surface area contributed by atoms with Gasteiger partial charge in [-0.1, -0.05) is 6.07 Å². The minimum Gasteiger partial charge on any atom is -0.483 e. The summed E-state index contributed by atoms with van der Waals surface area (Å²) < 4.78 is 35.8. The lowest BCUT2D eigenvalue weighted by Crippen LogP contribution is -2.23.